The highest BCUT2D eigenvalue weighted by Crippen LogP contribution is 2.38. The van der Waals surface area contributed by atoms with Crippen molar-refractivity contribution in [1.29, 1.82) is 0 Å². The molecular weight excluding hydrogens is 352 g/mol. The van der Waals surface area contributed by atoms with E-state index in [1.807, 2.05) is 0 Å². The van der Waals surface area contributed by atoms with Gasteiger partial charge in [-0.3, -0.25) is 4.79 Å². The summed E-state index contributed by atoms with van der Waals surface area (Å²) in [7, 11) is 4.74. The summed E-state index contributed by atoms with van der Waals surface area (Å²) in [6.07, 6.45) is 4.17. The molecule has 0 spiro atoms. The van der Waals surface area contributed by atoms with Crippen LogP contribution in [0.15, 0.2) is 22.0 Å². The van der Waals surface area contributed by atoms with Gasteiger partial charge >= 0.3 is 0 Å². The molecule has 1 atom stereocenters. The zero-order valence-corrected chi connectivity index (χ0v) is 16.4. The van der Waals surface area contributed by atoms with Crippen molar-refractivity contribution in [3.63, 3.8) is 0 Å². The van der Waals surface area contributed by atoms with Crippen molar-refractivity contribution < 1.29 is 19.0 Å². The minimum atomic E-state index is -0.208. The number of piperidine rings is 1. The largest absolute Gasteiger partial charge is 0.496 e. The maximum atomic E-state index is 12.4. The molecule has 1 unspecified atom stereocenters. The lowest BCUT2D eigenvalue weighted by Gasteiger charge is -2.31. The highest BCUT2D eigenvalue weighted by Gasteiger charge is 2.29. The Hall–Kier alpha value is -2.15. The Morgan fingerprint density at radius 2 is 1.85 bits per heavy atom. The molecule has 0 N–H and O–H groups in total. The number of methoxy groups -OCH3 is 3. The number of benzene rings is 1. The van der Waals surface area contributed by atoms with E-state index in [0.29, 0.717) is 28.1 Å². The van der Waals surface area contributed by atoms with Crippen LogP contribution in [0.4, 0.5) is 0 Å². The molecular formula is C19H24N2O4S. The van der Waals surface area contributed by atoms with Crippen molar-refractivity contribution in [3.05, 3.63) is 22.6 Å². The van der Waals surface area contributed by atoms with Gasteiger partial charge in [-0.25, -0.2) is 0 Å². The Morgan fingerprint density at radius 3 is 2.50 bits per heavy atom. The normalized spacial score (nSPS) is 21.8. The Kier molecular flexibility index (Phi) is 5.76. The summed E-state index contributed by atoms with van der Waals surface area (Å²) in [5.41, 5.74) is 0.754. The first-order chi connectivity index (χ1) is 12.5. The maximum absolute atomic E-state index is 12.4. The van der Waals surface area contributed by atoms with Crippen molar-refractivity contribution in [2.24, 2.45) is 10.9 Å². The molecule has 2 aliphatic rings. The van der Waals surface area contributed by atoms with Gasteiger partial charge in [-0.05, 0) is 42.7 Å². The summed E-state index contributed by atoms with van der Waals surface area (Å²) in [5, 5.41) is 0.798. The second-order valence-electron chi connectivity index (χ2n) is 6.45. The Morgan fingerprint density at radius 1 is 1.15 bits per heavy atom. The lowest BCUT2D eigenvalue weighted by molar-refractivity contribution is -0.113. The summed E-state index contributed by atoms with van der Waals surface area (Å²) in [4.78, 5) is 19.4. The summed E-state index contributed by atoms with van der Waals surface area (Å²) in [6.45, 7) is 4.14. The van der Waals surface area contributed by atoms with Gasteiger partial charge in [0.15, 0.2) is 16.7 Å². The van der Waals surface area contributed by atoms with Crippen LogP contribution in [-0.4, -0.2) is 50.4 Å². The molecule has 2 heterocycles. The minimum Gasteiger partial charge on any atom is -0.496 e. The third-order valence-corrected chi connectivity index (χ3v) is 5.60. The van der Waals surface area contributed by atoms with Crippen molar-refractivity contribution in [2.75, 3.05) is 34.4 Å². The van der Waals surface area contributed by atoms with Crippen LogP contribution < -0.4 is 14.2 Å². The highest BCUT2D eigenvalue weighted by molar-refractivity contribution is 8.18. The van der Waals surface area contributed by atoms with Crippen LogP contribution in [0.5, 0.6) is 17.2 Å². The second-order valence-corrected chi connectivity index (χ2v) is 7.46. The molecule has 0 aromatic heterocycles. The van der Waals surface area contributed by atoms with Gasteiger partial charge in [0.2, 0.25) is 0 Å². The van der Waals surface area contributed by atoms with E-state index in [9.17, 15) is 4.79 Å². The highest BCUT2D eigenvalue weighted by atomic mass is 32.2. The minimum absolute atomic E-state index is 0.208. The monoisotopic (exact) mass is 376 g/mol. The van der Waals surface area contributed by atoms with Gasteiger partial charge in [0, 0.05) is 24.7 Å². The first kappa shape index (κ1) is 18.6. The van der Waals surface area contributed by atoms with Gasteiger partial charge in [-0.2, -0.15) is 4.99 Å². The molecule has 26 heavy (non-hydrogen) atoms. The SMILES string of the molecule is COc1cc(OC)c(OC)cc1/C=C1/SC(N2CCCC(C)C2)=NC1=O. The molecule has 7 heteroatoms. The standard InChI is InChI=1S/C19H24N2O4S/c1-12-6-5-7-21(11-12)19-20-18(22)17(26-19)9-13-8-15(24-3)16(25-4)10-14(13)23-2/h8-10,12H,5-7,11H2,1-4H3/b17-9+. The fraction of sp³-hybridized carbons (Fsp3) is 0.474. The number of nitrogens with zero attached hydrogens (tertiary/aromatic N) is 2. The molecule has 1 saturated heterocycles. The van der Waals surface area contributed by atoms with E-state index < -0.39 is 0 Å². The number of aliphatic imine (C=N–C) groups is 1. The molecule has 3 rings (SSSR count). The number of hydrogen-bond acceptors (Lipinski definition) is 6. The van der Waals surface area contributed by atoms with Crippen LogP contribution in [0.2, 0.25) is 0 Å². The molecule has 140 valence electrons. The van der Waals surface area contributed by atoms with Crippen LogP contribution in [0, 0.1) is 5.92 Å². The van der Waals surface area contributed by atoms with E-state index >= 15 is 0 Å². The van der Waals surface area contributed by atoms with Crippen molar-refractivity contribution in [3.8, 4) is 17.2 Å². The average molecular weight is 376 g/mol. The molecule has 0 radical (unpaired) electrons. The van der Waals surface area contributed by atoms with E-state index in [4.69, 9.17) is 14.2 Å². The number of carbonyl (C=O) groups excluding carboxylic acids is 1. The van der Waals surface area contributed by atoms with Gasteiger partial charge in [0.1, 0.15) is 5.75 Å². The van der Waals surface area contributed by atoms with E-state index in [1.165, 1.54) is 18.2 Å². The maximum Gasteiger partial charge on any atom is 0.286 e. The van der Waals surface area contributed by atoms with E-state index in [0.717, 1.165) is 30.2 Å². The molecule has 0 bridgehead atoms. The predicted octanol–water partition coefficient (Wildman–Crippen LogP) is 3.41. The number of carbonyl (C=O) groups is 1. The number of likely N-dealkylation sites (tertiary alicyclic amines) is 1. The fourth-order valence-electron chi connectivity index (χ4n) is 3.20. The van der Waals surface area contributed by atoms with Crippen LogP contribution in [0.1, 0.15) is 25.3 Å². The molecule has 0 aliphatic carbocycles. The molecule has 1 aromatic rings. The molecule has 0 saturated carbocycles. The molecule has 1 fully saturated rings. The van der Waals surface area contributed by atoms with Crippen LogP contribution >= 0.6 is 11.8 Å². The average Bonchev–Trinajstić information content (AvgIpc) is 3.02. The van der Waals surface area contributed by atoms with Gasteiger partial charge in [-0.15, -0.1) is 0 Å². The molecule has 1 aromatic carbocycles. The zero-order valence-electron chi connectivity index (χ0n) is 15.6. The Bertz CT molecular complexity index is 760. The van der Waals surface area contributed by atoms with Crippen LogP contribution in [0.3, 0.4) is 0 Å². The third kappa shape index (κ3) is 3.82. The van der Waals surface area contributed by atoms with Gasteiger partial charge in [0.05, 0.1) is 26.2 Å². The zero-order chi connectivity index (χ0) is 18.7. The lowest BCUT2D eigenvalue weighted by Crippen LogP contribution is -2.37. The number of thioether (sulfide) groups is 1. The number of amides is 1. The van der Waals surface area contributed by atoms with E-state index in [1.54, 1.807) is 39.5 Å². The second kappa shape index (κ2) is 8.03. The Balaban J connectivity index is 1.86. The quantitative estimate of drug-likeness (QED) is 0.751. The first-order valence-corrected chi connectivity index (χ1v) is 9.45. The summed E-state index contributed by atoms with van der Waals surface area (Å²) >= 11 is 1.42. The Labute approximate surface area is 158 Å². The van der Waals surface area contributed by atoms with E-state index in [2.05, 4.69) is 16.8 Å². The summed E-state index contributed by atoms with van der Waals surface area (Å²) in [5.74, 6) is 2.20. The van der Waals surface area contributed by atoms with Crippen molar-refractivity contribution in [2.45, 2.75) is 19.8 Å². The number of ether oxygens (including phenoxy) is 3. The predicted molar refractivity (Wildman–Crippen MR) is 104 cm³/mol. The van der Waals surface area contributed by atoms with Crippen LogP contribution in [0.25, 0.3) is 6.08 Å². The summed E-state index contributed by atoms with van der Waals surface area (Å²) < 4.78 is 16.1. The van der Waals surface area contributed by atoms with E-state index in [-0.39, 0.29) is 5.91 Å². The molecule has 2 aliphatic heterocycles. The van der Waals surface area contributed by atoms with Crippen molar-refractivity contribution >= 4 is 28.9 Å². The number of rotatable bonds is 4. The van der Waals surface area contributed by atoms with Gasteiger partial charge < -0.3 is 19.1 Å². The smallest absolute Gasteiger partial charge is 0.286 e. The van der Waals surface area contributed by atoms with Gasteiger partial charge in [-0.1, -0.05) is 6.92 Å². The van der Waals surface area contributed by atoms with Crippen molar-refractivity contribution in [1.82, 2.24) is 4.90 Å². The third-order valence-electron chi connectivity index (χ3n) is 4.56. The number of amidine groups is 1. The first-order valence-electron chi connectivity index (χ1n) is 8.63. The molecule has 6 nitrogen and oxygen atoms in total. The topological polar surface area (TPSA) is 60.4 Å². The van der Waals surface area contributed by atoms with Gasteiger partial charge in [0.25, 0.3) is 5.91 Å². The number of hydrogen-bond donors (Lipinski definition) is 0. The fourth-order valence-corrected chi connectivity index (χ4v) is 4.14. The van der Waals surface area contributed by atoms with Crippen LogP contribution in [-0.2, 0) is 4.79 Å². The lowest BCUT2D eigenvalue weighted by atomic mass is 10.0. The molecule has 1 amide bonds. The summed E-state index contributed by atoms with van der Waals surface area (Å²) in [6, 6.07) is 3.56.